The van der Waals surface area contributed by atoms with Gasteiger partial charge in [0.05, 0.1) is 6.61 Å². The van der Waals surface area contributed by atoms with Crippen LogP contribution in [-0.4, -0.2) is 24.0 Å². The van der Waals surface area contributed by atoms with E-state index >= 15 is 0 Å². The molecule has 1 unspecified atom stereocenters. The van der Waals surface area contributed by atoms with Gasteiger partial charge < -0.3 is 9.64 Å². The molecule has 4 heteroatoms. The Morgan fingerprint density at radius 2 is 2.14 bits per heavy atom. The van der Waals surface area contributed by atoms with Crippen molar-refractivity contribution in [3.8, 4) is 5.75 Å². The highest BCUT2D eigenvalue weighted by atomic mass is 16.5. The zero-order valence-corrected chi connectivity index (χ0v) is 12.7. The molecule has 22 heavy (non-hydrogen) atoms. The van der Waals surface area contributed by atoms with Crippen molar-refractivity contribution in [2.45, 2.75) is 19.8 Å². The Morgan fingerprint density at radius 3 is 2.95 bits per heavy atom. The van der Waals surface area contributed by atoms with Gasteiger partial charge in [0.25, 0.3) is 0 Å². The zero-order valence-electron chi connectivity index (χ0n) is 12.7. The predicted octanol–water partition coefficient (Wildman–Crippen LogP) is 3.08. The molecular weight excluding hydrogens is 276 g/mol. The van der Waals surface area contributed by atoms with Crippen LogP contribution >= 0.6 is 0 Å². The van der Waals surface area contributed by atoms with Crippen LogP contribution in [0.25, 0.3) is 0 Å². The molecule has 4 nitrogen and oxygen atoms in total. The van der Waals surface area contributed by atoms with Crippen LogP contribution < -0.4 is 9.64 Å². The molecule has 0 radical (unpaired) electrons. The molecule has 1 aliphatic heterocycles. The third-order valence-electron chi connectivity index (χ3n) is 4.02. The van der Waals surface area contributed by atoms with Crippen molar-refractivity contribution >= 4 is 11.6 Å². The van der Waals surface area contributed by atoms with Crippen molar-refractivity contribution in [3.05, 3.63) is 54.4 Å². The molecule has 0 saturated heterocycles. The summed E-state index contributed by atoms with van der Waals surface area (Å²) >= 11 is 0. The first-order chi connectivity index (χ1) is 10.8. The number of hydrogen-bond acceptors (Lipinski definition) is 3. The molecule has 2 heterocycles. The Labute approximate surface area is 130 Å². The Hall–Kier alpha value is -2.36. The first kappa shape index (κ1) is 14.6. The molecule has 0 N–H and O–H groups in total. The zero-order chi connectivity index (χ0) is 15.4. The summed E-state index contributed by atoms with van der Waals surface area (Å²) in [7, 11) is 0. The van der Waals surface area contributed by atoms with E-state index < -0.39 is 0 Å². The van der Waals surface area contributed by atoms with Gasteiger partial charge >= 0.3 is 0 Å². The predicted molar refractivity (Wildman–Crippen MR) is 86.0 cm³/mol. The van der Waals surface area contributed by atoms with E-state index in [2.05, 4.69) is 4.98 Å². The maximum absolute atomic E-state index is 12.6. The lowest BCUT2D eigenvalue weighted by atomic mass is 10.1. The molecule has 1 amide bonds. The fourth-order valence-electron chi connectivity index (χ4n) is 2.72. The highest BCUT2D eigenvalue weighted by Crippen LogP contribution is 2.28. The quantitative estimate of drug-likeness (QED) is 0.851. The van der Waals surface area contributed by atoms with E-state index in [0.717, 1.165) is 30.0 Å². The summed E-state index contributed by atoms with van der Waals surface area (Å²) in [6.07, 6.45) is 5.20. The smallest absolute Gasteiger partial charge is 0.229 e. The monoisotopic (exact) mass is 296 g/mol. The van der Waals surface area contributed by atoms with E-state index in [9.17, 15) is 4.79 Å². The number of nitrogens with zero attached hydrogens (tertiary/aromatic N) is 2. The highest BCUT2D eigenvalue weighted by Gasteiger charge is 2.27. The Kier molecular flexibility index (Phi) is 4.37. The maximum atomic E-state index is 12.6. The summed E-state index contributed by atoms with van der Waals surface area (Å²) in [4.78, 5) is 18.6. The molecule has 1 aliphatic rings. The summed E-state index contributed by atoms with van der Waals surface area (Å²) in [6, 6.07) is 11.6. The van der Waals surface area contributed by atoms with Crippen LogP contribution in [0, 0.1) is 5.92 Å². The number of rotatable bonds is 5. The molecule has 0 bridgehead atoms. The number of carbonyl (C=O) groups excluding carboxylic acids is 1. The number of ether oxygens (including phenoxy) is 1. The van der Waals surface area contributed by atoms with Crippen molar-refractivity contribution in [2.75, 3.05) is 18.1 Å². The number of carbonyl (C=O) groups is 1. The topological polar surface area (TPSA) is 42.4 Å². The van der Waals surface area contributed by atoms with Crippen LogP contribution in [0.5, 0.6) is 5.75 Å². The maximum Gasteiger partial charge on any atom is 0.229 e. The van der Waals surface area contributed by atoms with Gasteiger partial charge in [-0.25, -0.2) is 0 Å². The van der Waals surface area contributed by atoms with E-state index in [4.69, 9.17) is 4.74 Å². The lowest BCUT2D eigenvalue weighted by Crippen LogP contribution is -2.34. The number of hydrogen-bond donors (Lipinski definition) is 0. The van der Waals surface area contributed by atoms with Gasteiger partial charge in [0.15, 0.2) is 0 Å². The number of anilines is 1. The molecule has 0 aliphatic carbocycles. The number of para-hydroxylation sites is 1. The Balaban J connectivity index is 1.54. The normalized spacial score (nSPS) is 14.5. The minimum absolute atomic E-state index is 0.0529. The molecule has 1 aromatic carbocycles. The van der Waals surface area contributed by atoms with E-state index in [1.165, 1.54) is 0 Å². The SMILES string of the molecule is CC(CCOc1ccccc1)C(=O)N1CCc2cnccc21. The molecule has 0 fully saturated rings. The first-order valence-corrected chi connectivity index (χ1v) is 7.68. The van der Waals surface area contributed by atoms with Crippen molar-refractivity contribution in [2.24, 2.45) is 5.92 Å². The molecule has 0 spiro atoms. The van der Waals surface area contributed by atoms with Gasteiger partial charge in [-0.15, -0.1) is 0 Å². The van der Waals surface area contributed by atoms with Crippen molar-refractivity contribution in [1.82, 2.24) is 4.98 Å². The van der Waals surface area contributed by atoms with Gasteiger partial charge in [0.1, 0.15) is 5.75 Å². The van der Waals surface area contributed by atoms with E-state index in [0.29, 0.717) is 13.0 Å². The summed E-state index contributed by atoms with van der Waals surface area (Å²) in [5.41, 5.74) is 2.17. The van der Waals surface area contributed by atoms with Crippen molar-refractivity contribution < 1.29 is 9.53 Å². The van der Waals surface area contributed by atoms with Gasteiger partial charge in [0.2, 0.25) is 5.91 Å². The molecular formula is C18H20N2O2. The van der Waals surface area contributed by atoms with E-state index in [-0.39, 0.29) is 11.8 Å². The molecule has 3 rings (SSSR count). The van der Waals surface area contributed by atoms with Gasteiger partial charge in [-0.3, -0.25) is 9.78 Å². The lowest BCUT2D eigenvalue weighted by molar-refractivity contribution is -0.122. The Morgan fingerprint density at radius 1 is 1.32 bits per heavy atom. The third kappa shape index (κ3) is 3.11. The number of benzene rings is 1. The Bertz CT molecular complexity index is 643. The average Bonchev–Trinajstić information content (AvgIpc) is 2.99. The minimum Gasteiger partial charge on any atom is -0.494 e. The van der Waals surface area contributed by atoms with Crippen molar-refractivity contribution in [1.29, 1.82) is 0 Å². The van der Waals surface area contributed by atoms with Crippen LogP contribution in [0.4, 0.5) is 5.69 Å². The molecule has 1 aromatic heterocycles. The van der Waals surface area contributed by atoms with Gasteiger partial charge in [-0.2, -0.15) is 0 Å². The van der Waals surface area contributed by atoms with Crippen LogP contribution in [0.3, 0.4) is 0 Å². The largest absolute Gasteiger partial charge is 0.494 e. The second-order valence-corrected chi connectivity index (χ2v) is 5.60. The average molecular weight is 296 g/mol. The third-order valence-corrected chi connectivity index (χ3v) is 4.02. The number of pyridine rings is 1. The summed E-state index contributed by atoms with van der Waals surface area (Å²) < 4.78 is 5.68. The molecule has 114 valence electrons. The van der Waals surface area contributed by atoms with Crippen molar-refractivity contribution in [3.63, 3.8) is 0 Å². The second kappa shape index (κ2) is 6.60. The summed E-state index contributed by atoms with van der Waals surface area (Å²) in [6.45, 7) is 3.27. The lowest BCUT2D eigenvalue weighted by Gasteiger charge is -2.21. The summed E-state index contributed by atoms with van der Waals surface area (Å²) in [5, 5.41) is 0. The number of aromatic nitrogens is 1. The van der Waals surface area contributed by atoms with Crippen LogP contribution in [-0.2, 0) is 11.2 Å². The highest BCUT2D eigenvalue weighted by molar-refractivity contribution is 5.96. The minimum atomic E-state index is -0.0529. The fourth-order valence-corrected chi connectivity index (χ4v) is 2.72. The number of amides is 1. The van der Waals surface area contributed by atoms with Gasteiger partial charge in [-0.1, -0.05) is 25.1 Å². The molecule has 0 saturated carbocycles. The van der Waals surface area contributed by atoms with Crippen LogP contribution in [0.2, 0.25) is 0 Å². The standard InChI is InChI=1S/C18H20N2O2/c1-14(9-12-22-16-5-3-2-4-6-16)18(21)20-11-8-15-13-19-10-7-17(15)20/h2-7,10,13-14H,8-9,11-12H2,1H3. The second-order valence-electron chi connectivity index (χ2n) is 5.60. The first-order valence-electron chi connectivity index (χ1n) is 7.68. The van der Waals surface area contributed by atoms with E-state index in [1.54, 1.807) is 6.20 Å². The van der Waals surface area contributed by atoms with E-state index in [1.807, 2.05) is 54.4 Å². The van der Waals surface area contributed by atoms with Crippen LogP contribution in [0.15, 0.2) is 48.8 Å². The number of fused-ring (bicyclic) bond motifs is 1. The summed E-state index contributed by atoms with van der Waals surface area (Å²) in [5.74, 6) is 0.962. The van der Waals surface area contributed by atoms with Crippen LogP contribution in [0.1, 0.15) is 18.9 Å². The fraction of sp³-hybridized carbons (Fsp3) is 0.333. The van der Waals surface area contributed by atoms with Gasteiger partial charge in [0, 0.05) is 30.5 Å². The molecule has 1 atom stereocenters. The molecule has 2 aromatic rings. The van der Waals surface area contributed by atoms with Gasteiger partial charge in [-0.05, 0) is 36.6 Å².